The Morgan fingerprint density at radius 2 is 1.72 bits per heavy atom. The SMILES string of the molecule is O=[N+]([O-])c1cccc(-c2ccc3nc(N4CCCCC4)ccc3c2)c1. The third kappa shape index (κ3) is 3.18. The highest BCUT2D eigenvalue weighted by molar-refractivity contribution is 5.86. The molecule has 1 saturated heterocycles. The standard InChI is InChI=1S/C20H19N3O2/c24-23(25)18-6-4-5-15(14-18)16-7-9-19-17(13-16)8-10-20(21-19)22-11-2-1-3-12-22/h4-10,13-14H,1-3,11-12H2. The maximum Gasteiger partial charge on any atom is 0.270 e. The van der Waals surface area contributed by atoms with Crippen LogP contribution in [-0.2, 0) is 0 Å². The monoisotopic (exact) mass is 333 g/mol. The van der Waals surface area contributed by atoms with Gasteiger partial charge in [-0.1, -0.05) is 18.2 Å². The Balaban J connectivity index is 1.69. The first-order valence-electron chi connectivity index (χ1n) is 8.61. The van der Waals surface area contributed by atoms with Crippen molar-refractivity contribution in [2.45, 2.75) is 19.3 Å². The van der Waals surface area contributed by atoms with Crippen LogP contribution in [0.5, 0.6) is 0 Å². The van der Waals surface area contributed by atoms with E-state index in [9.17, 15) is 10.1 Å². The summed E-state index contributed by atoms with van der Waals surface area (Å²) in [6, 6.07) is 16.9. The molecule has 1 aliphatic heterocycles. The van der Waals surface area contributed by atoms with Crippen molar-refractivity contribution in [2.75, 3.05) is 18.0 Å². The molecule has 2 heterocycles. The summed E-state index contributed by atoms with van der Waals surface area (Å²) in [6.07, 6.45) is 3.76. The molecule has 0 saturated carbocycles. The van der Waals surface area contributed by atoms with Crippen LogP contribution in [0.1, 0.15) is 19.3 Å². The Labute approximate surface area is 146 Å². The number of nitro groups is 1. The summed E-state index contributed by atoms with van der Waals surface area (Å²) in [7, 11) is 0. The maximum atomic E-state index is 11.0. The molecule has 1 aromatic heterocycles. The first kappa shape index (κ1) is 15.6. The molecule has 0 unspecified atom stereocenters. The van der Waals surface area contributed by atoms with E-state index >= 15 is 0 Å². The average Bonchev–Trinajstić information content (AvgIpc) is 2.68. The molecule has 5 nitrogen and oxygen atoms in total. The van der Waals surface area contributed by atoms with Crippen LogP contribution >= 0.6 is 0 Å². The number of rotatable bonds is 3. The summed E-state index contributed by atoms with van der Waals surface area (Å²) in [4.78, 5) is 17.8. The lowest BCUT2D eigenvalue weighted by atomic mass is 10.0. The number of hydrogen-bond donors (Lipinski definition) is 0. The van der Waals surface area contributed by atoms with E-state index in [0.29, 0.717) is 0 Å². The summed E-state index contributed by atoms with van der Waals surface area (Å²) in [5, 5.41) is 12.0. The molecule has 25 heavy (non-hydrogen) atoms. The van der Waals surface area contributed by atoms with E-state index < -0.39 is 0 Å². The highest BCUT2D eigenvalue weighted by atomic mass is 16.6. The number of nitro benzene ring substituents is 1. The number of non-ortho nitro benzene ring substituents is 1. The van der Waals surface area contributed by atoms with Crippen molar-refractivity contribution in [2.24, 2.45) is 0 Å². The fraction of sp³-hybridized carbons (Fsp3) is 0.250. The molecule has 5 heteroatoms. The van der Waals surface area contributed by atoms with Crippen LogP contribution in [0.25, 0.3) is 22.0 Å². The molecule has 0 radical (unpaired) electrons. The molecule has 0 atom stereocenters. The lowest BCUT2D eigenvalue weighted by Crippen LogP contribution is -2.30. The van der Waals surface area contributed by atoms with Crippen LogP contribution in [0.2, 0.25) is 0 Å². The molecule has 0 N–H and O–H groups in total. The summed E-state index contributed by atoms with van der Waals surface area (Å²) in [6.45, 7) is 2.15. The molecule has 0 amide bonds. The largest absolute Gasteiger partial charge is 0.357 e. The highest BCUT2D eigenvalue weighted by Crippen LogP contribution is 2.28. The van der Waals surface area contributed by atoms with E-state index in [-0.39, 0.29) is 10.6 Å². The van der Waals surface area contributed by atoms with E-state index in [1.807, 2.05) is 24.3 Å². The fourth-order valence-corrected chi connectivity index (χ4v) is 3.39. The van der Waals surface area contributed by atoms with Gasteiger partial charge in [0.05, 0.1) is 10.4 Å². The minimum Gasteiger partial charge on any atom is -0.357 e. The lowest BCUT2D eigenvalue weighted by molar-refractivity contribution is -0.384. The van der Waals surface area contributed by atoms with Gasteiger partial charge in [0.1, 0.15) is 5.82 Å². The van der Waals surface area contributed by atoms with E-state index in [2.05, 4.69) is 17.0 Å². The zero-order chi connectivity index (χ0) is 17.2. The van der Waals surface area contributed by atoms with Crippen molar-refractivity contribution < 1.29 is 4.92 Å². The van der Waals surface area contributed by atoms with Gasteiger partial charge in [-0.15, -0.1) is 0 Å². The zero-order valence-corrected chi connectivity index (χ0v) is 13.9. The van der Waals surface area contributed by atoms with Gasteiger partial charge >= 0.3 is 0 Å². The normalized spacial score (nSPS) is 14.6. The van der Waals surface area contributed by atoms with Gasteiger partial charge in [0.2, 0.25) is 0 Å². The van der Waals surface area contributed by atoms with E-state index in [4.69, 9.17) is 4.98 Å². The number of pyridine rings is 1. The van der Waals surface area contributed by atoms with Gasteiger partial charge in [0.15, 0.2) is 0 Å². The van der Waals surface area contributed by atoms with E-state index in [0.717, 1.165) is 40.9 Å². The second kappa shape index (κ2) is 6.51. The van der Waals surface area contributed by atoms with Gasteiger partial charge in [0, 0.05) is 30.6 Å². The van der Waals surface area contributed by atoms with Gasteiger partial charge in [0.25, 0.3) is 5.69 Å². The number of aromatic nitrogens is 1. The number of fused-ring (bicyclic) bond motifs is 1. The van der Waals surface area contributed by atoms with Crippen LogP contribution in [-0.4, -0.2) is 23.0 Å². The molecule has 126 valence electrons. The van der Waals surface area contributed by atoms with Gasteiger partial charge in [-0.25, -0.2) is 4.98 Å². The van der Waals surface area contributed by atoms with Crippen LogP contribution < -0.4 is 4.90 Å². The molecule has 0 bridgehead atoms. The Morgan fingerprint density at radius 3 is 2.52 bits per heavy atom. The molecule has 1 fully saturated rings. The second-order valence-electron chi connectivity index (χ2n) is 6.43. The number of benzene rings is 2. The Hall–Kier alpha value is -2.95. The van der Waals surface area contributed by atoms with E-state index in [1.165, 1.54) is 25.3 Å². The minimum absolute atomic E-state index is 0.108. The van der Waals surface area contributed by atoms with Crippen LogP contribution in [0.3, 0.4) is 0 Å². The van der Waals surface area contributed by atoms with Crippen LogP contribution in [0.15, 0.2) is 54.6 Å². The van der Waals surface area contributed by atoms with Crippen LogP contribution in [0.4, 0.5) is 11.5 Å². The molecule has 4 rings (SSSR count). The van der Waals surface area contributed by atoms with Crippen molar-refractivity contribution in [3.8, 4) is 11.1 Å². The summed E-state index contributed by atoms with van der Waals surface area (Å²) < 4.78 is 0. The third-order valence-electron chi connectivity index (χ3n) is 4.74. The topological polar surface area (TPSA) is 59.3 Å². The first-order chi connectivity index (χ1) is 12.2. The van der Waals surface area contributed by atoms with Crippen molar-refractivity contribution in [1.82, 2.24) is 4.98 Å². The number of piperidine rings is 1. The van der Waals surface area contributed by atoms with Gasteiger partial charge in [-0.05, 0) is 54.7 Å². The van der Waals surface area contributed by atoms with Crippen molar-refractivity contribution in [1.29, 1.82) is 0 Å². The first-order valence-corrected chi connectivity index (χ1v) is 8.61. The van der Waals surface area contributed by atoms with Crippen molar-refractivity contribution >= 4 is 22.4 Å². The molecule has 2 aromatic carbocycles. The smallest absolute Gasteiger partial charge is 0.270 e. The molecule has 3 aromatic rings. The number of anilines is 1. The van der Waals surface area contributed by atoms with Gasteiger partial charge in [-0.3, -0.25) is 10.1 Å². The Bertz CT molecular complexity index is 933. The van der Waals surface area contributed by atoms with Crippen molar-refractivity contribution in [3.05, 3.63) is 64.7 Å². The molecular weight excluding hydrogens is 314 g/mol. The van der Waals surface area contributed by atoms with E-state index in [1.54, 1.807) is 12.1 Å². The quantitative estimate of drug-likeness (QED) is 0.510. The van der Waals surface area contributed by atoms with Crippen molar-refractivity contribution in [3.63, 3.8) is 0 Å². The second-order valence-corrected chi connectivity index (χ2v) is 6.43. The lowest BCUT2D eigenvalue weighted by Gasteiger charge is -2.27. The predicted molar refractivity (Wildman–Crippen MR) is 99.9 cm³/mol. The Kier molecular flexibility index (Phi) is 4.06. The zero-order valence-electron chi connectivity index (χ0n) is 13.9. The Morgan fingerprint density at radius 1 is 0.920 bits per heavy atom. The summed E-state index contributed by atoms with van der Waals surface area (Å²) in [5.74, 6) is 1.04. The maximum absolute atomic E-state index is 11.0. The average molecular weight is 333 g/mol. The number of nitrogens with zero attached hydrogens (tertiary/aromatic N) is 3. The molecular formula is C20H19N3O2. The third-order valence-corrected chi connectivity index (χ3v) is 4.74. The summed E-state index contributed by atoms with van der Waals surface area (Å²) >= 11 is 0. The molecule has 0 aliphatic carbocycles. The highest BCUT2D eigenvalue weighted by Gasteiger charge is 2.13. The fourth-order valence-electron chi connectivity index (χ4n) is 3.39. The van der Waals surface area contributed by atoms with Gasteiger partial charge < -0.3 is 4.90 Å². The minimum atomic E-state index is -0.364. The number of hydrogen-bond acceptors (Lipinski definition) is 4. The van der Waals surface area contributed by atoms with Crippen LogP contribution in [0, 0.1) is 10.1 Å². The van der Waals surface area contributed by atoms with Gasteiger partial charge in [-0.2, -0.15) is 0 Å². The molecule has 1 aliphatic rings. The predicted octanol–water partition coefficient (Wildman–Crippen LogP) is 4.80. The summed E-state index contributed by atoms with van der Waals surface area (Å²) in [5.41, 5.74) is 2.87. The molecule has 0 spiro atoms.